The summed E-state index contributed by atoms with van der Waals surface area (Å²) in [5.74, 6) is -0.747. The number of alkyl halides is 3. The Balaban J connectivity index is 1.88. The number of hydrogen-bond donors (Lipinski definition) is 1. The van der Waals surface area contributed by atoms with Crippen LogP contribution < -0.4 is 10.1 Å². The molecule has 1 N–H and O–H groups in total. The molecule has 0 saturated carbocycles. The minimum absolute atomic E-state index is 0.129. The predicted molar refractivity (Wildman–Crippen MR) is 84.6 cm³/mol. The van der Waals surface area contributed by atoms with Gasteiger partial charge >= 0.3 is 6.36 Å². The molecule has 0 radical (unpaired) electrons. The molecule has 1 amide bonds. The van der Waals surface area contributed by atoms with Crippen LogP contribution in [0, 0.1) is 0 Å². The van der Waals surface area contributed by atoms with E-state index in [4.69, 9.17) is 0 Å². The van der Waals surface area contributed by atoms with Crippen molar-refractivity contribution < 1.29 is 27.5 Å². The first-order valence-electron chi connectivity index (χ1n) is 7.46. The number of ether oxygens (including phenoxy) is 1. The number of benzene rings is 1. The second-order valence-corrected chi connectivity index (χ2v) is 5.48. The van der Waals surface area contributed by atoms with Gasteiger partial charge in [-0.25, -0.2) is 0 Å². The summed E-state index contributed by atoms with van der Waals surface area (Å²) in [6, 6.07) is 6.97. The summed E-state index contributed by atoms with van der Waals surface area (Å²) in [7, 11) is 1.67. The normalized spacial score (nSPS) is 11.2. The molecule has 5 nitrogen and oxygen atoms in total. The van der Waals surface area contributed by atoms with Crippen LogP contribution >= 0.6 is 0 Å². The number of aromatic nitrogens is 1. The van der Waals surface area contributed by atoms with E-state index in [9.17, 15) is 22.8 Å². The van der Waals surface area contributed by atoms with Crippen molar-refractivity contribution in [1.29, 1.82) is 0 Å². The molecule has 1 aromatic carbocycles. The molecule has 0 fully saturated rings. The molecule has 0 aliphatic heterocycles. The lowest BCUT2D eigenvalue weighted by molar-refractivity contribution is -0.274. The summed E-state index contributed by atoms with van der Waals surface area (Å²) in [5, 5.41) is 2.71. The Bertz CT molecular complexity index is 764. The lowest BCUT2D eigenvalue weighted by atomic mass is 10.1. The fourth-order valence-electron chi connectivity index (χ4n) is 2.25. The van der Waals surface area contributed by atoms with E-state index in [2.05, 4.69) is 10.1 Å². The Labute approximate surface area is 142 Å². The van der Waals surface area contributed by atoms with Crippen molar-refractivity contribution in [3.8, 4) is 5.75 Å². The predicted octanol–water partition coefficient (Wildman–Crippen LogP) is 3.10. The van der Waals surface area contributed by atoms with Crippen molar-refractivity contribution in [2.45, 2.75) is 19.7 Å². The molecule has 25 heavy (non-hydrogen) atoms. The van der Waals surface area contributed by atoms with Crippen LogP contribution in [0.1, 0.15) is 33.3 Å². The van der Waals surface area contributed by atoms with Gasteiger partial charge in [0, 0.05) is 25.4 Å². The zero-order chi connectivity index (χ0) is 18.6. The molecule has 0 spiro atoms. The van der Waals surface area contributed by atoms with Crippen LogP contribution in [-0.4, -0.2) is 29.2 Å². The summed E-state index contributed by atoms with van der Waals surface area (Å²) in [4.78, 5) is 23.4. The van der Waals surface area contributed by atoms with Crippen molar-refractivity contribution in [3.05, 3.63) is 53.3 Å². The number of halogens is 3. The lowest BCUT2D eigenvalue weighted by Gasteiger charge is -2.09. The maximum atomic E-state index is 12.1. The third kappa shape index (κ3) is 5.37. The van der Waals surface area contributed by atoms with E-state index in [0.29, 0.717) is 24.2 Å². The Kier molecular flexibility index (Phi) is 5.51. The summed E-state index contributed by atoms with van der Waals surface area (Å²) in [6.07, 6.45) is -2.69. The van der Waals surface area contributed by atoms with E-state index in [1.165, 1.54) is 37.3 Å². The topological polar surface area (TPSA) is 60.3 Å². The van der Waals surface area contributed by atoms with Gasteiger partial charge in [0.2, 0.25) is 0 Å². The SMILES string of the molecule is CC(=O)c1cc(C(=O)NCCc2ccc(OC(F)(F)F)cc2)n(C)c1. The molecular weight excluding hydrogens is 337 g/mol. The van der Waals surface area contributed by atoms with Crippen molar-refractivity contribution in [1.82, 2.24) is 9.88 Å². The average molecular weight is 354 g/mol. The van der Waals surface area contributed by atoms with Crippen LogP contribution in [0.25, 0.3) is 0 Å². The number of nitrogens with one attached hydrogen (secondary N) is 1. The highest BCUT2D eigenvalue weighted by Crippen LogP contribution is 2.22. The van der Waals surface area contributed by atoms with Crippen LogP contribution in [0.3, 0.4) is 0 Å². The average Bonchev–Trinajstić information content (AvgIpc) is 2.90. The van der Waals surface area contributed by atoms with E-state index >= 15 is 0 Å². The number of nitrogens with zero attached hydrogens (tertiary/aromatic N) is 1. The van der Waals surface area contributed by atoms with Gasteiger partial charge in [0.15, 0.2) is 5.78 Å². The van der Waals surface area contributed by atoms with E-state index in [-0.39, 0.29) is 17.4 Å². The Hall–Kier alpha value is -2.77. The number of carbonyl (C=O) groups excluding carboxylic acids is 2. The molecule has 0 aliphatic rings. The molecule has 0 bridgehead atoms. The molecule has 1 aromatic heterocycles. The zero-order valence-corrected chi connectivity index (χ0v) is 13.7. The van der Waals surface area contributed by atoms with Crippen LogP contribution in [0.5, 0.6) is 5.75 Å². The molecular formula is C17H17F3N2O3. The third-order valence-electron chi connectivity index (χ3n) is 3.50. The molecule has 0 atom stereocenters. The van der Waals surface area contributed by atoms with Crippen LogP contribution in [0.4, 0.5) is 13.2 Å². The highest BCUT2D eigenvalue weighted by molar-refractivity contribution is 5.99. The van der Waals surface area contributed by atoms with Gasteiger partial charge < -0.3 is 14.6 Å². The second-order valence-electron chi connectivity index (χ2n) is 5.48. The zero-order valence-electron chi connectivity index (χ0n) is 13.7. The number of Topliss-reactive ketones (excluding diaryl/α,β-unsaturated/α-hetero) is 1. The molecule has 0 unspecified atom stereocenters. The van der Waals surface area contributed by atoms with Gasteiger partial charge in [-0.3, -0.25) is 9.59 Å². The Morgan fingerprint density at radius 3 is 2.36 bits per heavy atom. The van der Waals surface area contributed by atoms with E-state index in [1.54, 1.807) is 17.8 Å². The molecule has 8 heteroatoms. The van der Waals surface area contributed by atoms with Gasteiger partial charge in [-0.05, 0) is 37.1 Å². The summed E-state index contributed by atoms with van der Waals surface area (Å²) >= 11 is 0. The Morgan fingerprint density at radius 1 is 1.20 bits per heavy atom. The number of carbonyl (C=O) groups is 2. The van der Waals surface area contributed by atoms with Gasteiger partial charge in [0.05, 0.1) is 0 Å². The summed E-state index contributed by atoms with van der Waals surface area (Å²) < 4.78 is 41.6. The maximum Gasteiger partial charge on any atom is 0.573 e. The quantitative estimate of drug-likeness (QED) is 0.811. The first-order valence-corrected chi connectivity index (χ1v) is 7.46. The van der Waals surface area contributed by atoms with E-state index in [1.807, 2.05) is 0 Å². The van der Waals surface area contributed by atoms with E-state index in [0.717, 1.165) is 5.56 Å². The molecule has 2 rings (SSSR count). The molecule has 0 aliphatic carbocycles. The Morgan fingerprint density at radius 2 is 1.84 bits per heavy atom. The number of hydrogen-bond acceptors (Lipinski definition) is 3. The summed E-state index contributed by atoms with van der Waals surface area (Å²) in [5.41, 5.74) is 1.57. The van der Waals surface area contributed by atoms with Gasteiger partial charge in [0.1, 0.15) is 11.4 Å². The number of aryl methyl sites for hydroxylation is 1. The molecule has 2 aromatic rings. The second kappa shape index (κ2) is 7.42. The van der Waals surface area contributed by atoms with Gasteiger partial charge in [-0.15, -0.1) is 13.2 Å². The smallest absolute Gasteiger partial charge is 0.406 e. The van der Waals surface area contributed by atoms with Crippen LogP contribution in [-0.2, 0) is 13.5 Å². The van der Waals surface area contributed by atoms with Crippen LogP contribution in [0.2, 0.25) is 0 Å². The fourth-order valence-corrected chi connectivity index (χ4v) is 2.25. The first-order chi connectivity index (χ1) is 11.7. The molecule has 0 saturated heterocycles. The van der Waals surface area contributed by atoms with Gasteiger partial charge in [-0.2, -0.15) is 0 Å². The highest BCUT2D eigenvalue weighted by atomic mass is 19.4. The highest BCUT2D eigenvalue weighted by Gasteiger charge is 2.30. The fraction of sp³-hybridized carbons (Fsp3) is 0.294. The van der Waals surface area contributed by atoms with Crippen molar-refractivity contribution in [2.24, 2.45) is 7.05 Å². The monoisotopic (exact) mass is 354 g/mol. The minimum atomic E-state index is -4.72. The van der Waals surface area contributed by atoms with E-state index < -0.39 is 6.36 Å². The molecule has 134 valence electrons. The number of ketones is 1. The van der Waals surface area contributed by atoms with Crippen molar-refractivity contribution in [3.63, 3.8) is 0 Å². The lowest BCUT2D eigenvalue weighted by Crippen LogP contribution is -2.27. The largest absolute Gasteiger partial charge is 0.573 e. The third-order valence-corrected chi connectivity index (χ3v) is 3.50. The standard InChI is InChI=1S/C17H17F3N2O3/c1-11(23)13-9-15(22(2)10-13)16(24)21-8-7-12-3-5-14(6-4-12)25-17(18,19)20/h3-6,9-10H,7-8H2,1-2H3,(H,21,24). The van der Waals surface area contributed by atoms with Crippen LogP contribution in [0.15, 0.2) is 36.5 Å². The van der Waals surface area contributed by atoms with Gasteiger partial charge in [0.25, 0.3) is 5.91 Å². The molecule has 1 heterocycles. The number of amides is 1. The first kappa shape index (κ1) is 18.6. The van der Waals surface area contributed by atoms with Crippen molar-refractivity contribution in [2.75, 3.05) is 6.54 Å². The minimum Gasteiger partial charge on any atom is -0.406 e. The van der Waals surface area contributed by atoms with Crippen molar-refractivity contribution >= 4 is 11.7 Å². The maximum absolute atomic E-state index is 12.1. The summed E-state index contributed by atoms with van der Waals surface area (Å²) in [6.45, 7) is 1.72. The van der Waals surface area contributed by atoms with Gasteiger partial charge in [-0.1, -0.05) is 12.1 Å². The number of rotatable bonds is 6.